The summed E-state index contributed by atoms with van der Waals surface area (Å²) in [5.41, 5.74) is 3.34. The van der Waals surface area contributed by atoms with Gasteiger partial charge in [-0.2, -0.15) is 0 Å². The van der Waals surface area contributed by atoms with E-state index in [1.54, 1.807) is 17.5 Å². The van der Waals surface area contributed by atoms with Crippen LogP contribution in [0.4, 0.5) is 19.3 Å². The van der Waals surface area contributed by atoms with Gasteiger partial charge in [-0.25, -0.2) is 23.5 Å². The molecule has 8 nitrogen and oxygen atoms in total. The van der Waals surface area contributed by atoms with Crippen LogP contribution in [0.5, 0.6) is 0 Å². The molecule has 1 fully saturated rings. The summed E-state index contributed by atoms with van der Waals surface area (Å²) in [6, 6.07) is 1.89. The number of aromatic amines is 1. The summed E-state index contributed by atoms with van der Waals surface area (Å²) in [5, 5.41) is 2.15. The molecule has 1 N–H and O–H groups in total. The summed E-state index contributed by atoms with van der Waals surface area (Å²) >= 11 is 8.38. The Bertz CT molecular complexity index is 1120. The number of hydrogen-bond acceptors (Lipinski definition) is 7. The third-order valence-corrected chi connectivity index (χ3v) is 7.00. The number of carbonyl (C=O) groups excluding carboxylic acids is 1. The molecular formula is C20H20ClF2N5O3S. The first-order valence-electron chi connectivity index (χ1n) is 10.2. The Balaban J connectivity index is 1.38. The third kappa shape index (κ3) is 4.00. The summed E-state index contributed by atoms with van der Waals surface area (Å²) in [5.74, 6) is 0. The number of amides is 1. The molecule has 1 amide bonds. The second kappa shape index (κ2) is 8.80. The van der Waals surface area contributed by atoms with Crippen molar-refractivity contribution in [3.63, 3.8) is 0 Å². The minimum absolute atomic E-state index is 0.361. The number of fused-ring (bicyclic) bond motifs is 2. The highest BCUT2D eigenvalue weighted by atomic mass is 35.5. The molecule has 2 aliphatic heterocycles. The lowest BCUT2D eigenvalue weighted by Gasteiger charge is -2.35. The molecule has 3 aromatic heterocycles. The molecule has 32 heavy (non-hydrogen) atoms. The number of hydrogen-bond donors (Lipinski definition) is 1. The highest BCUT2D eigenvalue weighted by Gasteiger charge is 2.27. The molecule has 12 heteroatoms. The minimum atomic E-state index is -2.67. The van der Waals surface area contributed by atoms with E-state index in [1.807, 2.05) is 6.07 Å². The lowest BCUT2D eigenvalue weighted by atomic mass is 10.2. The molecule has 0 bridgehead atoms. The van der Waals surface area contributed by atoms with Crippen LogP contribution in [-0.4, -0.2) is 71.8 Å². The van der Waals surface area contributed by atoms with Crippen LogP contribution in [0.1, 0.15) is 10.6 Å². The smallest absolute Gasteiger partial charge is 0.410 e. The van der Waals surface area contributed by atoms with Gasteiger partial charge >= 0.3 is 6.09 Å². The van der Waals surface area contributed by atoms with Gasteiger partial charge in [-0.1, -0.05) is 11.6 Å². The number of nitrogens with one attached hydrogen (secondary N) is 1. The van der Waals surface area contributed by atoms with Crippen LogP contribution in [0.15, 0.2) is 12.3 Å². The Kier molecular flexibility index (Phi) is 5.87. The Hall–Kier alpha value is -2.50. The Morgan fingerprint density at radius 2 is 2.16 bits per heavy atom. The van der Waals surface area contributed by atoms with Gasteiger partial charge in [0, 0.05) is 38.8 Å². The summed E-state index contributed by atoms with van der Waals surface area (Å²) in [4.78, 5) is 29.1. The van der Waals surface area contributed by atoms with E-state index in [2.05, 4.69) is 19.6 Å². The van der Waals surface area contributed by atoms with E-state index in [0.29, 0.717) is 50.1 Å². The first-order valence-corrected chi connectivity index (χ1v) is 11.4. The zero-order valence-electron chi connectivity index (χ0n) is 16.9. The second-order valence-electron chi connectivity index (χ2n) is 7.50. The van der Waals surface area contributed by atoms with E-state index in [4.69, 9.17) is 21.3 Å². The monoisotopic (exact) mass is 483 g/mol. The first kappa shape index (κ1) is 21.4. The van der Waals surface area contributed by atoms with Gasteiger partial charge in [-0.05, 0) is 6.07 Å². The molecule has 1 saturated heterocycles. The molecule has 0 unspecified atom stereocenters. The number of thiazole rings is 1. The normalized spacial score (nSPS) is 16.6. The number of pyridine rings is 1. The number of H-pyrrole nitrogens is 1. The topological polar surface area (TPSA) is 83.6 Å². The van der Waals surface area contributed by atoms with Gasteiger partial charge in [-0.3, -0.25) is 0 Å². The van der Waals surface area contributed by atoms with Crippen LogP contribution in [0, 0.1) is 0 Å². The largest absolute Gasteiger partial charge is 0.443 e. The van der Waals surface area contributed by atoms with E-state index in [9.17, 15) is 13.6 Å². The van der Waals surface area contributed by atoms with Gasteiger partial charge in [-0.15, -0.1) is 11.3 Å². The molecule has 0 atom stereocenters. The van der Waals surface area contributed by atoms with Gasteiger partial charge in [0.2, 0.25) is 0 Å². The van der Waals surface area contributed by atoms with Crippen LogP contribution < -0.4 is 4.90 Å². The molecule has 0 aliphatic carbocycles. The molecule has 5 rings (SSSR count). The molecule has 0 aromatic carbocycles. The van der Waals surface area contributed by atoms with Crippen molar-refractivity contribution in [3.05, 3.63) is 27.9 Å². The standard InChI is InChI=1S/C20H20ClF2N5O3S/c21-16-15-12(27-4-6-28(7-5-27)20(29)31-10-14(22)23)1-3-24-18(15)26-17(16)19-25-11-2-8-30-9-13(11)32-19/h1,3,14H,2,4-10H2,(H,24,26). The van der Waals surface area contributed by atoms with Gasteiger partial charge in [0.1, 0.15) is 10.7 Å². The maximum Gasteiger partial charge on any atom is 0.410 e. The van der Waals surface area contributed by atoms with Crippen molar-refractivity contribution in [1.82, 2.24) is 19.9 Å². The average Bonchev–Trinajstić information content (AvgIpc) is 3.38. The van der Waals surface area contributed by atoms with Gasteiger partial charge < -0.3 is 24.3 Å². The fourth-order valence-corrected chi connectivity index (χ4v) is 5.39. The van der Waals surface area contributed by atoms with Gasteiger partial charge in [0.05, 0.1) is 45.6 Å². The number of aromatic nitrogens is 3. The Morgan fingerprint density at radius 3 is 2.91 bits per heavy atom. The summed E-state index contributed by atoms with van der Waals surface area (Å²) in [6.45, 7) is 2.10. The second-order valence-corrected chi connectivity index (χ2v) is 8.96. The number of anilines is 1. The molecule has 0 spiro atoms. The lowest BCUT2D eigenvalue weighted by molar-refractivity contribution is 0.0311. The van der Waals surface area contributed by atoms with Crippen molar-refractivity contribution in [3.8, 4) is 10.7 Å². The third-order valence-electron chi connectivity index (χ3n) is 5.53. The lowest BCUT2D eigenvalue weighted by Crippen LogP contribution is -2.49. The minimum Gasteiger partial charge on any atom is -0.443 e. The quantitative estimate of drug-likeness (QED) is 0.605. The first-order chi connectivity index (χ1) is 15.5. The van der Waals surface area contributed by atoms with Crippen LogP contribution in [0.25, 0.3) is 21.7 Å². The number of piperazine rings is 1. The molecule has 3 aromatic rings. The number of nitrogens with zero attached hydrogens (tertiary/aromatic N) is 4. The van der Waals surface area contributed by atoms with Gasteiger partial charge in [0.25, 0.3) is 6.43 Å². The summed E-state index contributed by atoms with van der Waals surface area (Å²) in [6.07, 6.45) is -0.898. The van der Waals surface area contributed by atoms with Crippen LogP contribution in [0.3, 0.4) is 0 Å². The average molecular weight is 484 g/mol. The van der Waals surface area contributed by atoms with Crippen molar-refractivity contribution in [2.24, 2.45) is 0 Å². The van der Waals surface area contributed by atoms with E-state index in [-0.39, 0.29) is 0 Å². The Morgan fingerprint density at radius 1 is 1.34 bits per heavy atom. The van der Waals surface area contributed by atoms with Crippen molar-refractivity contribution < 1.29 is 23.0 Å². The number of halogens is 3. The molecule has 170 valence electrons. The highest BCUT2D eigenvalue weighted by molar-refractivity contribution is 7.15. The SMILES string of the molecule is O=C(OCC(F)F)N1CCN(c2ccnc3[nH]c(-c4nc5c(s4)COCC5)c(Cl)c23)CC1. The van der Waals surface area contributed by atoms with Crippen LogP contribution in [-0.2, 0) is 22.5 Å². The fourth-order valence-electron chi connectivity index (χ4n) is 3.96. The summed E-state index contributed by atoms with van der Waals surface area (Å²) < 4.78 is 34.7. The van der Waals surface area contributed by atoms with E-state index in [1.165, 1.54) is 4.90 Å². The zero-order valence-corrected chi connectivity index (χ0v) is 18.5. The maximum atomic E-state index is 12.3. The molecule has 2 aliphatic rings. The van der Waals surface area contributed by atoms with Crippen molar-refractivity contribution in [2.75, 3.05) is 44.3 Å². The predicted octanol–water partition coefficient (Wildman–Crippen LogP) is 3.94. The number of carbonyl (C=O) groups is 1. The Labute approximate surface area is 191 Å². The molecular weight excluding hydrogens is 464 g/mol. The molecule has 0 radical (unpaired) electrons. The number of ether oxygens (including phenoxy) is 2. The number of alkyl halides is 2. The summed E-state index contributed by atoms with van der Waals surface area (Å²) in [7, 11) is 0. The predicted molar refractivity (Wildman–Crippen MR) is 117 cm³/mol. The zero-order chi connectivity index (χ0) is 22.2. The van der Waals surface area contributed by atoms with E-state index < -0.39 is 19.1 Å². The molecule has 5 heterocycles. The fraction of sp³-hybridized carbons (Fsp3) is 0.450. The highest BCUT2D eigenvalue weighted by Crippen LogP contribution is 2.41. The van der Waals surface area contributed by atoms with Gasteiger partial charge in [0.15, 0.2) is 6.61 Å². The van der Waals surface area contributed by atoms with Crippen LogP contribution >= 0.6 is 22.9 Å². The number of rotatable bonds is 4. The van der Waals surface area contributed by atoms with E-state index >= 15 is 0 Å². The maximum absolute atomic E-state index is 12.3. The van der Waals surface area contributed by atoms with Crippen molar-refractivity contribution in [2.45, 2.75) is 19.5 Å². The van der Waals surface area contributed by atoms with Crippen LogP contribution in [0.2, 0.25) is 5.02 Å². The van der Waals surface area contributed by atoms with E-state index in [0.717, 1.165) is 38.8 Å². The molecule has 0 saturated carbocycles. The van der Waals surface area contributed by atoms with Crippen molar-refractivity contribution >= 4 is 45.8 Å². The van der Waals surface area contributed by atoms with Crippen molar-refractivity contribution in [1.29, 1.82) is 0 Å².